The molecule has 0 saturated carbocycles. The Morgan fingerprint density at radius 1 is 1.24 bits per heavy atom. The third kappa shape index (κ3) is 4.68. The topological polar surface area (TPSA) is 58.8 Å². The number of carbonyl (C=O) groups excluding carboxylic acids is 1. The van der Waals surface area contributed by atoms with Gasteiger partial charge in [-0.25, -0.2) is 0 Å². The number of piperazine rings is 1. The zero-order chi connectivity index (χ0) is 17.6. The lowest BCUT2D eigenvalue weighted by Crippen LogP contribution is -2.52. The van der Waals surface area contributed by atoms with Gasteiger partial charge in [0.1, 0.15) is 12.4 Å². The number of ether oxygens (including phenoxy) is 1. The fraction of sp³-hybridized carbons (Fsp3) is 0.632. The maximum Gasteiger partial charge on any atom is 0.257 e. The molecule has 2 heterocycles. The first-order chi connectivity index (χ1) is 12.2. The Kier molecular flexibility index (Phi) is 6.62. The van der Waals surface area contributed by atoms with Crippen molar-refractivity contribution in [3.05, 3.63) is 29.3 Å². The van der Waals surface area contributed by atoms with Gasteiger partial charge in [-0.05, 0) is 43.4 Å². The van der Waals surface area contributed by atoms with Gasteiger partial charge in [-0.3, -0.25) is 9.69 Å². The first kappa shape index (κ1) is 18.5. The number of carbonyl (C=O) groups is 1. The Bertz CT molecular complexity index is 582. The van der Waals surface area contributed by atoms with E-state index in [0.717, 1.165) is 31.7 Å². The van der Waals surface area contributed by atoms with Gasteiger partial charge in [0, 0.05) is 38.8 Å². The highest BCUT2D eigenvalue weighted by atomic mass is 32.2. The highest BCUT2D eigenvalue weighted by Gasteiger charge is 2.28. The number of nitrogens with two attached hydrogens (primary N) is 1. The summed E-state index contributed by atoms with van der Waals surface area (Å²) in [5.74, 6) is 3.27. The highest BCUT2D eigenvalue weighted by molar-refractivity contribution is 7.99. The van der Waals surface area contributed by atoms with Crippen LogP contribution in [0.3, 0.4) is 0 Å². The molecule has 0 spiro atoms. The molecule has 0 aliphatic carbocycles. The fourth-order valence-corrected chi connectivity index (χ4v) is 4.70. The van der Waals surface area contributed by atoms with Gasteiger partial charge < -0.3 is 15.4 Å². The molecule has 1 aromatic carbocycles. The van der Waals surface area contributed by atoms with Crippen LogP contribution in [0.15, 0.2) is 18.2 Å². The highest BCUT2D eigenvalue weighted by Crippen LogP contribution is 2.25. The Hall–Kier alpha value is -1.24. The second kappa shape index (κ2) is 8.92. The van der Waals surface area contributed by atoms with E-state index in [0.29, 0.717) is 30.5 Å². The van der Waals surface area contributed by atoms with E-state index in [2.05, 4.69) is 16.7 Å². The number of rotatable bonds is 5. The number of nitrogens with zero attached hydrogens (tertiary/aromatic N) is 2. The second-order valence-corrected chi connectivity index (χ2v) is 8.03. The molecular weight excluding hydrogens is 334 g/mol. The van der Waals surface area contributed by atoms with Crippen LogP contribution in [-0.2, 0) is 0 Å². The number of aryl methyl sites for hydroxylation is 1. The minimum absolute atomic E-state index is 0.0783. The predicted molar refractivity (Wildman–Crippen MR) is 104 cm³/mol. The largest absolute Gasteiger partial charge is 0.491 e. The molecule has 0 unspecified atom stereocenters. The van der Waals surface area contributed by atoms with E-state index in [4.69, 9.17) is 10.5 Å². The average Bonchev–Trinajstić information content (AvgIpc) is 2.67. The Balaban J connectivity index is 1.63. The number of hydrogen-bond donors (Lipinski definition) is 1. The zero-order valence-electron chi connectivity index (χ0n) is 15.1. The summed E-state index contributed by atoms with van der Waals surface area (Å²) in [5.41, 5.74) is 7.27. The van der Waals surface area contributed by atoms with Crippen molar-refractivity contribution in [3.8, 4) is 5.75 Å². The third-order valence-electron chi connectivity index (χ3n) is 5.05. The Morgan fingerprint density at radius 2 is 1.96 bits per heavy atom. The van der Waals surface area contributed by atoms with E-state index in [9.17, 15) is 4.79 Å². The minimum Gasteiger partial charge on any atom is -0.491 e. The molecule has 1 amide bonds. The molecule has 2 saturated heterocycles. The molecule has 2 N–H and O–H groups in total. The van der Waals surface area contributed by atoms with E-state index in [1.807, 2.05) is 30.0 Å². The van der Waals surface area contributed by atoms with E-state index < -0.39 is 0 Å². The molecule has 1 aromatic rings. The van der Waals surface area contributed by atoms with Crippen LogP contribution in [0, 0.1) is 6.92 Å². The molecule has 0 atom stereocenters. The van der Waals surface area contributed by atoms with E-state index >= 15 is 0 Å². The lowest BCUT2D eigenvalue weighted by atomic mass is 10.1. The van der Waals surface area contributed by atoms with Crippen LogP contribution in [0.25, 0.3) is 0 Å². The summed E-state index contributed by atoms with van der Waals surface area (Å²) in [5, 5.41) is 0. The van der Waals surface area contributed by atoms with Gasteiger partial charge in [0.25, 0.3) is 5.91 Å². The van der Waals surface area contributed by atoms with Crippen LogP contribution in [0.5, 0.6) is 5.75 Å². The molecule has 6 heteroatoms. The van der Waals surface area contributed by atoms with Crippen molar-refractivity contribution < 1.29 is 9.53 Å². The predicted octanol–water partition coefficient (Wildman–Crippen LogP) is 1.99. The zero-order valence-corrected chi connectivity index (χ0v) is 15.9. The van der Waals surface area contributed by atoms with Crippen LogP contribution in [0.2, 0.25) is 0 Å². The van der Waals surface area contributed by atoms with Crippen molar-refractivity contribution in [2.24, 2.45) is 5.73 Å². The molecule has 138 valence electrons. The van der Waals surface area contributed by atoms with E-state index in [-0.39, 0.29) is 5.91 Å². The van der Waals surface area contributed by atoms with Crippen molar-refractivity contribution in [1.29, 1.82) is 0 Å². The van der Waals surface area contributed by atoms with Crippen molar-refractivity contribution in [3.63, 3.8) is 0 Å². The maximum atomic E-state index is 13.0. The molecule has 2 aliphatic heterocycles. The van der Waals surface area contributed by atoms with Gasteiger partial charge in [-0.15, -0.1) is 0 Å². The SMILES string of the molecule is Cc1ccc(OCCN)c(C(=O)N2CCN(C3CCSCC3)CC2)c1. The monoisotopic (exact) mass is 363 g/mol. The number of amides is 1. The molecule has 5 nitrogen and oxygen atoms in total. The van der Waals surface area contributed by atoms with Crippen LogP contribution in [0.4, 0.5) is 0 Å². The summed E-state index contributed by atoms with van der Waals surface area (Å²) in [6.45, 7) is 6.43. The average molecular weight is 364 g/mol. The Labute approximate surface area is 154 Å². The van der Waals surface area contributed by atoms with Gasteiger partial charge in [-0.2, -0.15) is 11.8 Å². The summed E-state index contributed by atoms with van der Waals surface area (Å²) >= 11 is 2.06. The smallest absolute Gasteiger partial charge is 0.257 e. The van der Waals surface area contributed by atoms with Gasteiger partial charge in [0.15, 0.2) is 0 Å². The van der Waals surface area contributed by atoms with Gasteiger partial charge >= 0.3 is 0 Å². The minimum atomic E-state index is 0.0783. The van der Waals surface area contributed by atoms with Gasteiger partial charge in [0.05, 0.1) is 5.56 Å². The standard InChI is InChI=1S/C19H29N3O2S/c1-15-2-3-18(24-11-6-20)17(14-15)19(23)22-9-7-21(8-10-22)16-4-12-25-13-5-16/h2-3,14,16H,4-13,20H2,1H3. The second-order valence-electron chi connectivity index (χ2n) is 6.81. The fourth-order valence-electron chi connectivity index (χ4n) is 3.62. The van der Waals surface area contributed by atoms with Crippen LogP contribution < -0.4 is 10.5 Å². The van der Waals surface area contributed by atoms with Crippen LogP contribution in [-0.4, -0.2) is 72.6 Å². The van der Waals surface area contributed by atoms with Crippen LogP contribution >= 0.6 is 11.8 Å². The summed E-state index contributed by atoms with van der Waals surface area (Å²) in [4.78, 5) is 17.6. The molecule has 2 fully saturated rings. The maximum absolute atomic E-state index is 13.0. The molecule has 2 aliphatic rings. The third-order valence-corrected chi connectivity index (χ3v) is 6.10. The van der Waals surface area contributed by atoms with Gasteiger partial charge in [0.2, 0.25) is 0 Å². The number of hydrogen-bond acceptors (Lipinski definition) is 5. The van der Waals surface area contributed by atoms with E-state index in [1.165, 1.54) is 24.3 Å². The molecular formula is C19H29N3O2S. The lowest BCUT2D eigenvalue weighted by molar-refractivity contribution is 0.0555. The number of thioether (sulfide) groups is 1. The molecule has 0 aromatic heterocycles. The van der Waals surface area contributed by atoms with Crippen molar-refractivity contribution >= 4 is 17.7 Å². The number of benzene rings is 1. The normalized spacial score (nSPS) is 19.8. The molecule has 25 heavy (non-hydrogen) atoms. The molecule has 0 bridgehead atoms. The first-order valence-electron chi connectivity index (χ1n) is 9.23. The summed E-state index contributed by atoms with van der Waals surface area (Å²) < 4.78 is 5.68. The first-order valence-corrected chi connectivity index (χ1v) is 10.4. The van der Waals surface area contributed by atoms with E-state index in [1.54, 1.807) is 0 Å². The summed E-state index contributed by atoms with van der Waals surface area (Å²) in [7, 11) is 0. The van der Waals surface area contributed by atoms with Crippen molar-refractivity contribution in [1.82, 2.24) is 9.80 Å². The molecule has 0 radical (unpaired) electrons. The van der Waals surface area contributed by atoms with Gasteiger partial charge in [-0.1, -0.05) is 11.6 Å². The summed E-state index contributed by atoms with van der Waals surface area (Å²) in [6, 6.07) is 6.50. The quantitative estimate of drug-likeness (QED) is 0.867. The molecule has 3 rings (SSSR count). The lowest BCUT2D eigenvalue weighted by Gasteiger charge is -2.40. The van der Waals surface area contributed by atoms with Crippen molar-refractivity contribution in [2.75, 3.05) is 50.8 Å². The Morgan fingerprint density at radius 3 is 2.64 bits per heavy atom. The van der Waals surface area contributed by atoms with Crippen LogP contribution in [0.1, 0.15) is 28.8 Å². The van der Waals surface area contributed by atoms with Crippen molar-refractivity contribution in [2.45, 2.75) is 25.8 Å². The summed E-state index contributed by atoms with van der Waals surface area (Å²) in [6.07, 6.45) is 2.57.